The van der Waals surface area contributed by atoms with E-state index in [1.165, 1.54) is 13.0 Å². The molecule has 1 rings (SSSR count). The van der Waals surface area contributed by atoms with Gasteiger partial charge in [0.25, 0.3) is 0 Å². The van der Waals surface area contributed by atoms with Gasteiger partial charge in [-0.1, -0.05) is 6.92 Å². The van der Waals surface area contributed by atoms with Crippen molar-refractivity contribution in [3.8, 4) is 0 Å². The maximum absolute atomic E-state index is 5.57. The summed E-state index contributed by atoms with van der Waals surface area (Å²) >= 11 is 0. The normalized spacial score (nSPS) is 26.0. The zero-order valence-electron chi connectivity index (χ0n) is 7.96. The molecule has 12 heavy (non-hydrogen) atoms. The van der Waals surface area contributed by atoms with E-state index >= 15 is 0 Å². The molecular weight excluding hydrogens is 152 g/mol. The van der Waals surface area contributed by atoms with Crippen LogP contribution in [0.3, 0.4) is 0 Å². The number of hydrogen-bond acceptors (Lipinski definition) is 3. The van der Waals surface area contributed by atoms with E-state index in [0.717, 1.165) is 32.7 Å². The van der Waals surface area contributed by atoms with Crippen LogP contribution in [0.4, 0.5) is 0 Å². The average Bonchev–Trinajstić information content (AvgIpc) is 2.06. The van der Waals surface area contributed by atoms with Crippen LogP contribution in [0.5, 0.6) is 0 Å². The molecule has 3 nitrogen and oxygen atoms in total. The summed E-state index contributed by atoms with van der Waals surface area (Å²) in [6, 6.07) is 0. The molecule has 1 saturated heterocycles. The molecule has 72 valence electrons. The molecule has 1 fully saturated rings. The fourth-order valence-corrected chi connectivity index (χ4v) is 1.66. The van der Waals surface area contributed by atoms with E-state index in [-0.39, 0.29) is 0 Å². The van der Waals surface area contributed by atoms with Crippen LogP contribution in [0.2, 0.25) is 0 Å². The summed E-state index contributed by atoms with van der Waals surface area (Å²) in [5.41, 5.74) is 5.48. The van der Waals surface area contributed by atoms with Gasteiger partial charge in [0, 0.05) is 13.1 Å². The van der Waals surface area contributed by atoms with E-state index in [1.807, 2.05) is 0 Å². The van der Waals surface area contributed by atoms with Crippen molar-refractivity contribution in [1.29, 1.82) is 0 Å². The number of rotatable bonds is 4. The van der Waals surface area contributed by atoms with Crippen LogP contribution in [0.15, 0.2) is 0 Å². The minimum Gasteiger partial charge on any atom is -0.376 e. The molecule has 0 aromatic heterocycles. The number of morpholine rings is 1. The molecule has 0 amide bonds. The molecule has 0 radical (unpaired) electrons. The Kier molecular flexibility index (Phi) is 4.58. The molecule has 1 atom stereocenters. The van der Waals surface area contributed by atoms with Gasteiger partial charge < -0.3 is 10.5 Å². The summed E-state index contributed by atoms with van der Waals surface area (Å²) in [7, 11) is 0. The first-order valence-corrected chi connectivity index (χ1v) is 4.90. The van der Waals surface area contributed by atoms with Gasteiger partial charge in [0.1, 0.15) is 0 Å². The summed E-state index contributed by atoms with van der Waals surface area (Å²) in [6.45, 7) is 7.20. The van der Waals surface area contributed by atoms with Gasteiger partial charge in [-0.15, -0.1) is 0 Å². The monoisotopic (exact) mass is 172 g/mol. The Morgan fingerprint density at radius 2 is 2.42 bits per heavy atom. The SMILES string of the molecule is CCCN1CCO[C@H](CCN)C1. The van der Waals surface area contributed by atoms with Gasteiger partial charge in [-0.2, -0.15) is 0 Å². The lowest BCUT2D eigenvalue weighted by Gasteiger charge is -2.32. The molecule has 0 bridgehead atoms. The van der Waals surface area contributed by atoms with E-state index in [0.29, 0.717) is 6.10 Å². The Labute approximate surface area is 74.9 Å². The van der Waals surface area contributed by atoms with Gasteiger partial charge in [0.2, 0.25) is 0 Å². The van der Waals surface area contributed by atoms with Crippen LogP contribution in [-0.2, 0) is 4.74 Å². The fourth-order valence-electron chi connectivity index (χ4n) is 1.66. The van der Waals surface area contributed by atoms with Crippen molar-refractivity contribution < 1.29 is 4.74 Å². The van der Waals surface area contributed by atoms with E-state index in [4.69, 9.17) is 10.5 Å². The zero-order valence-corrected chi connectivity index (χ0v) is 7.96. The predicted octanol–water partition coefficient (Wildman–Crippen LogP) is 0.446. The zero-order chi connectivity index (χ0) is 8.81. The Hall–Kier alpha value is -0.120. The van der Waals surface area contributed by atoms with E-state index < -0.39 is 0 Å². The van der Waals surface area contributed by atoms with Crippen LogP contribution in [0.25, 0.3) is 0 Å². The lowest BCUT2D eigenvalue weighted by atomic mass is 10.2. The molecule has 1 heterocycles. The molecule has 1 aliphatic heterocycles. The van der Waals surface area contributed by atoms with Crippen LogP contribution in [-0.4, -0.2) is 43.8 Å². The van der Waals surface area contributed by atoms with E-state index in [9.17, 15) is 0 Å². The maximum Gasteiger partial charge on any atom is 0.0714 e. The van der Waals surface area contributed by atoms with E-state index in [1.54, 1.807) is 0 Å². The number of nitrogens with zero attached hydrogens (tertiary/aromatic N) is 1. The third kappa shape index (κ3) is 3.09. The molecule has 0 unspecified atom stereocenters. The van der Waals surface area contributed by atoms with Gasteiger partial charge in [-0.25, -0.2) is 0 Å². The topological polar surface area (TPSA) is 38.5 Å². The van der Waals surface area contributed by atoms with Crippen LogP contribution in [0.1, 0.15) is 19.8 Å². The van der Waals surface area contributed by atoms with Crippen molar-refractivity contribution in [2.75, 3.05) is 32.8 Å². The third-order valence-corrected chi connectivity index (χ3v) is 2.25. The second-order valence-electron chi connectivity index (χ2n) is 3.37. The summed E-state index contributed by atoms with van der Waals surface area (Å²) in [6.07, 6.45) is 2.62. The average molecular weight is 172 g/mol. The predicted molar refractivity (Wildman–Crippen MR) is 50.1 cm³/mol. The van der Waals surface area contributed by atoms with Crippen LogP contribution < -0.4 is 5.73 Å². The molecule has 0 spiro atoms. The Balaban J connectivity index is 2.20. The summed E-state index contributed by atoms with van der Waals surface area (Å²) in [5.74, 6) is 0. The molecule has 0 aromatic rings. The maximum atomic E-state index is 5.57. The number of nitrogens with two attached hydrogens (primary N) is 1. The largest absolute Gasteiger partial charge is 0.376 e. The Bertz CT molecular complexity index is 103. The number of hydrogen-bond donors (Lipinski definition) is 1. The van der Waals surface area contributed by atoms with Crippen molar-refractivity contribution in [2.45, 2.75) is 25.9 Å². The van der Waals surface area contributed by atoms with Crippen LogP contribution in [0, 0.1) is 0 Å². The first kappa shape index (κ1) is 9.96. The molecular formula is C9H20N2O. The molecule has 3 heteroatoms. The lowest BCUT2D eigenvalue weighted by molar-refractivity contribution is -0.0305. The fraction of sp³-hybridized carbons (Fsp3) is 1.00. The highest BCUT2D eigenvalue weighted by atomic mass is 16.5. The lowest BCUT2D eigenvalue weighted by Crippen LogP contribution is -2.43. The molecule has 0 saturated carbocycles. The van der Waals surface area contributed by atoms with Gasteiger partial charge >= 0.3 is 0 Å². The highest BCUT2D eigenvalue weighted by Gasteiger charge is 2.18. The van der Waals surface area contributed by atoms with E-state index in [2.05, 4.69) is 11.8 Å². The van der Waals surface area contributed by atoms with Crippen molar-refractivity contribution in [2.24, 2.45) is 5.73 Å². The van der Waals surface area contributed by atoms with Gasteiger partial charge in [-0.3, -0.25) is 4.90 Å². The minimum absolute atomic E-state index is 0.385. The highest BCUT2D eigenvalue weighted by Crippen LogP contribution is 2.07. The summed E-state index contributed by atoms with van der Waals surface area (Å²) in [4.78, 5) is 2.46. The Morgan fingerprint density at radius 3 is 3.08 bits per heavy atom. The van der Waals surface area contributed by atoms with Crippen molar-refractivity contribution in [3.05, 3.63) is 0 Å². The standard InChI is InChI=1S/C9H20N2O/c1-2-5-11-6-7-12-9(8-11)3-4-10/h9H,2-8,10H2,1H3/t9-/m1/s1. The van der Waals surface area contributed by atoms with Crippen molar-refractivity contribution in [3.63, 3.8) is 0 Å². The third-order valence-electron chi connectivity index (χ3n) is 2.25. The highest BCUT2D eigenvalue weighted by molar-refractivity contribution is 4.71. The second-order valence-corrected chi connectivity index (χ2v) is 3.37. The van der Waals surface area contributed by atoms with Crippen molar-refractivity contribution in [1.82, 2.24) is 4.90 Å². The molecule has 0 aromatic carbocycles. The molecule has 0 aliphatic carbocycles. The van der Waals surface area contributed by atoms with Gasteiger partial charge in [0.15, 0.2) is 0 Å². The van der Waals surface area contributed by atoms with Crippen molar-refractivity contribution >= 4 is 0 Å². The quantitative estimate of drug-likeness (QED) is 0.669. The first-order chi connectivity index (χ1) is 5.86. The van der Waals surface area contributed by atoms with Crippen LogP contribution >= 0.6 is 0 Å². The first-order valence-electron chi connectivity index (χ1n) is 4.90. The smallest absolute Gasteiger partial charge is 0.0714 e. The number of ether oxygens (including phenoxy) is 1. The summed E-state index contributed by atoms with van der Waals surface area (Å²) in [5, 5.41) is 0. The van der Waals surface area contributed by atoms with Gasteiger partial charge in [-0.05, 0) is 25.9 Å². The Morgan fingerprint density at radius 1 is 1.58 bits per heavy atom. The summed E-state index contributed by atoms with van der Waals surface area (Å²) < 4.78 is 5.57. The molecule has 1 aliphatic rings. The molecule has 2 N–H and O–H groups in total. The van der Waals surface area contributed by atoms with Gasteiger partial charge in [0.05, 0.1) is 12.7 Å². The second kappa shape index (κ2) is 5.51. The minimum atomic E-state index is 0.385.